The zero-order chi connectivity index (χ0) is 14.5. The van der Waals surface area contributed by atoms with Crippen LogP contribution in [0.4, 0.5) is 5.82 Å². The van der Waals surface area contributed by atoms with E-state index in [0.717, 1.165) is 35.5 Å². The summed E-state index contributed by atoms with van der Waals surface area (Å²) in [7, 11) is 1.39. The number of anilines is 1. The molecule has 0 saturated heterocycles. The lowest BCUT2D eigenvalue weighted by Crippen LogP contribution is -2.32. The topological polar surface area (TPSA) is 55.3 Å². The molecule has 0 atom stereocenters. The second kappa shape index (κ2) is 6.32. The van der Waals surface area contributed by atoms with E-state index in [4.69, 9.17) is 4.74 Å². The second-order valence-corrected chi connectivity index (χ2v) is 4.62. The first kappa shape index (κ1) is 14.2. The number of rotatable bonds is 5. The zero-order valence-corrected chi connectivity index (χ0v) is 12.1. The number of benzene rings is 1. The highest BCUT2D eigenvalue weighted by atomic mass is 16.5. The summed E-state index contributed by atoms with van der Waals surface area (Å²) < 4.78 is 4.75. The zero-order valence-electron chi connectivity index (χ0n) is 12.1. The molecule has 0 saturated carbocycles. The normalized spacial score (nSPS) is 10.6. The van der Waals surface area contributed by atoms with Gasteiger partial charge < -0.3 is 9.64 Å². The van der Waals surface area contributed by atoms with E-state index in [9.17, 15) is 4.79 Å². The van der Waals surface area contributed by atoms with Gasteiger partial charge in [-0.25, -0.2) is 9.97 Å². The maximum atomic E-state index is 11.5. The Morgan fingerprint density at radius 3 is 2.50 bits per heavy atom. The van der Waals surface area contributed by atoms with E-state index >= 15 is 0 Å². The molecule has 5 heteroatoms. The Labute approximate surface area is 118 Å². The second-order valence-electron chi connectivity index (χ2n) is 4.62. The predicted octanol–water partition coefficient (Wildman–Crippen LogP) is 2.33. The molecule has 0 radical (unpaired) electrons. The molecule has 2 rings (SSSR count). The van der Waals surface area contributed by atoms with Crippen LogP contribution < -0.4 is 4.90 Å². The smallest absolute Gasteiger partial charge is 0.325 e. The maximum Gasteiger partial charge on any atom is 0.325 e. The summed E-state index contributed by atoms with van der Waals surface area (Å²) in [6, 6.07) is 7.73. The molecule has 1 heterocycles. The van der Waals surface area contributed by atoms with Gasteiger partial charge in [0.25, 0.3) is 0 Å². The minimum absolute atomic E-state index is 0.193. The lowest BCUT2D eigenvalue weighted by molar-refractivity contribution is -0.138. The average molecular weight is 273 g/mol. The van der Waals surface area contributed by atoms with Gasteiger partial charge in [0.05, 0.1) is 23.8 Å². The fourth-order valence-corrected chi connectivity index (χ4v) is 2.13. The minimum atomic E-state index is -0.271. The highest BCUT2D eigenvalue weighted by molar-refractivity contribution is 5.79. The Hall–Kier alpha value is -2.17. The molecule has 0 aliphatic heterocycles. The van der Waals surface area contributed by atoms with Crippen molar-refractivity contribution >= 4 is 22.8 Å². The highest BCUT2D eigenvalue weighted by Crippen LogP contribution is 2.20. The summed E-state index contributed by atoms with van der Waals surface area (Å²) in [5.74, 6) is 0.476. The van der Waals surface area contributed by atoms with Gasteiger partial charge in [-0.3, -0.25) is 4.79 Å². The number of aryl methyl sites for hydroxylation is 1. The largest absolute Gasteiger partial charge is 0.468 e. The Balaban J connectivity index is 2.41. The molecule has 0 bridgehead atoms. The van der Waals surface area contributed by atoms with E-state index < -0.39 is 0 Å². The van der Waals surface area contributed by atoms with E-state index in [-0.39, 0.29) is 12.5 Å². The van der Waals surface area contributed by atoms with Gasteiger partial charge in [-0.2, -0.15) is 0 Å². The first-order valence-corrected chi connectivity index (χ1v) is 6.70. The first-order chi connectivity index (χ1) is 9.65. The average Bonchev–Trinajstić information content (AvgIpc) is 2.46. The lowest BCUT2D eigenvalue weighted by atomic mass is 10.2. The highest BCUT2D eigenvalue weighted by Gasteiger charge is 2.16. The third-order valence-electron chi connectivity index (χ3n) is 3.06. The van der Waals surface area contributed by atoms with E-state index in [2.05, 4.69) is 16.9 Å². The summed E-state index contributed by atoms with van der Waals surface area (Å²) in [4.78, 5) is 22.6. The van der Waals surface area contributed by atoms with Crippen molar-refractivity contribution in [3.05, 3.63) is 30.0 Å². The van der Waals surface area contributed by atoms with Crippen LogP contribution in [0.2, 0.25) is 0 Å². The number of carbonyl (C=O) groups excluding carboxylic acids is 1. The van der Waals surface area contributed by atoms with Crippen molar-refractivity contribution in [1.82, 2.24) is 9.97 Å². The van der Waals surface area contributed by atoms with Gasteiger partial charge >= 0.3 is 5.97 Å². The van der Waals surface area contributed by atoms with Crippen LogP contribution in [0.15, 0.2) is 24.3 Å². The number of hydrogen-bond donors (Lipinski definition) is 0. The van der Waals surface area contributed by atoms with E-state index in [1.165, 1.54) is 7.11 Å². The van der Waals surface area contributed by atoms with Crippen LogP contribution >= 0.6 is 0 Å². The molecule has 2 aromatic rings. The molecule has 5 nitrogen and oxygen atoms in total. The van der Waals surface area contributed by atoms with Gasteiger partial charge in [-0.05, 0) is 25.5 Å². The van der Waals surface area contributed by atoms with Crippen LogP contribution in [0.25, 0.3) is 11.0 Å². The van der Waals surface area contributed by atoms with Gasteiger partial charge in [-0.15, -0.1) is 0 Å². The van der Waals surface area contributed by atoms with Gasteiger partial charge in [0.15, 0.2) is 5.82 Å². The molecule has 0 aliphatic carbocycles. The number of fused-ring (bicyclic) bond motifs is 1. The molecule has 1 aromatic heterocycles. The van der Waals surface area contributed by atoms with Crippen LogP contribution in [-0.4, -0.2) is 36.1 Å². The number of hydrogen-bond acceptors (Lipinski definition) is 5. The van der Waals surface area contributed by atoms with Crippen molar-refractivity contribution in [2.24, 2.45) is 0 Å². The Bertz CT molecular complexity index is 613. The van der Waals surface area contributed by atoms with Crippen LogP contribution in [0.5, 0.6) is 0 Å². The number of aromatic nitrogens is 2. The Morgan fingerprint density at radius 1 is 1.25 bits per heavy atom. The van der Waals surface area contributed by atoms with Crippen molar-refractivity contribution in [3.63, 3.8) is 0 Å². The van der Waals surface area contributed by atoms with Crippen molar-refractivity contribution < 1.29 is 9.53 Å². The van der Waals surface area contributed by atoms with Crippen LogP contribution in [0.1, 0.15) is 19.0 Å². The summed E-state index contributed by atoms with van der Waals surface area (Å²) in [5.41, 5.74) is 2.52. The Kier molecular flexibility index (Phi) is 4.50. The predicted molar refractivity (Wildman–Crippen MR) is 78.8 cm³/mol. The van der Waals surface area contributed by atoms with Crippen molar-refractivity contribution in [2.75, 3.05) is 25.1 Å². The quantitative estimate of drug-likeness (QED) is 0.783. The fraction of sp³-hybridized carbons (Fsp3) is 0.400. The third kappa shape index (κ3) is 3.04. The molecule has 106 valence electrons. The number of esters is 1. The number of ether oxygens (including phenoxy) is 1. The molecular weight excluding hydrogens is 254 g/mol. The summed E-state index contributed by atoms with van der Waals surface area (Å²) in [5, 5.41) is 0. The van der Waals surface area contributed by atoms with Gasteiger partial charge in [-0.1, -0.05) is 19.1 Å². The Morgan fingerprint density at radius 2 is 1.90 bits per heavy atom. The summed E-state index contributed by atoms with van der Waals surface area (Å²) in [6.07, 6.45) is 0.922. The van der Waals surface area contributed by atoms with Crippen LogP contribution in [0, 0.1) is 6.92 Å². The monoisotopic (exact) mass is 273 g/mol. The molecule has 0 aliphatic rings. The fourth-order valence-electron chi connectivity index (χ4n) is 2.13. The summed E-state index contributed by atoms with van der Waals surface area (Å²) >= 11 is 0. The number of methoxy groups -OCH3 is 1. The standard InChI is InChI=1S/C15H19N3O2/c1-4-9-18(10-14(19)20-3)15-11(2)16-12-7-5-6-8-13(12)17-15/h5-8H,4,9-10H2,1-3H3. The molecule has 0 unspecified atom stereocenters. The van der Waals surface area contributed by atoms with Gasteiger partial charge in [0, 0.05) is 6.54 Å². The van der Waals surface area contributed by atoms with E-state index in [0.29, 0.717) is 0 Å². The van der Waals surface area contributed by atoms with E-state index in [1.54, 1.807) is 0 Å². The lowest BCUT2D eigenvalue weighted by Gasteiger charge is -2.23. The molecule has 0 amide bonds. The van der Waals surface area contributed by atoms with Crippen molar-refractivity contribution in [3.8, 4) is 0 Å². The SMILES string of the molecule is CCCN(CC(=O)OC)c1nc2ccccc2nc1C. The first-order valence-electron chi connectivity index (χ1n) is 6.70. The van der Waals surface area contributed by atoms with Crippen LogP contribution in [0.3, 0.4) is 0 Å². The van der Waals surface area contributed by atoms with E-state index in [1.807, 2.05) is 36.1 Å². The third-order valence-corrected chi connectivity index (χ3v) is 3.06. The molecule has 0 fully saturated rings. The minimum Gasteiger partial charge on any atom is -0.468 e. The van der Waals surface area contributed by atoms with Crippen molar-refractivity contribution in [2.45, 2.75) is 20.3 Å². The molecule has 0 spiro atoms. The molecule has 1 aromatic carbocycles. The number of para-hydroxylation sites is 2. The van der Waals surface area contributed by atoms with Crippen molar-refractivity contribution in [1.29, 1.82) is 0 Å². The van der Waals surface area contributed by atoms with Crippen LogP contribution in [-0.2, 0) is 9.53 Å². The number of nitrogens with zero attached hydrogens (tertiary/aromatic N) is 3. The summed E-state index contributed by atoms with van der Waals surface area (Å²) in [6.45, 7) is 4.91. The van der Waals surface area contributed by atoms with Gasteiger partial charge in [0.1, 0.15) is 6.54 Å². The van der Waals surface area contributed by atoms with Gasteiger partial charge in [0.2, 0.25) is 0 Å². The molecule has 20 heavy (non-hydrogen) atoms. The number of carbonyl (C=O) groups is 1. The maximum absolute atomic E-state index is 11.5. The molecule has 0 N–H and O–H groups in total. The molecular formula is C15H19N3O2.